The SMILES string of the molecule is CCOCCCn1ccnc1N1CCC(C(C)N)C1. The van der Waals surface area contributed by atoms with Crippen molar-refractivity contribution in [1.82, 2.24) is 9.55 Å². The molecule has 19 heavy (non-hydrogen) atoms. The first-order valence-electron chi connectivity index (χ1n) is 7.31. The van der Waals surface area contributed by atoms with Gasteiger partial charge in [-0.2, -0.15) is 0 Å². The van der Waals surface area contributed by atoms with Crippen molar-refractivity contribution in [2.45, 2.75) is 39.3 Å². The standard InChI is InChI=1S/C14H26N4O/c1-3-19-10-4-7-17-9-6-16-14(17)18-8-5-13(11-18)12(2)15/h6,9,12-13H,3-5,7-8,10-11,15H2,1-2H3. The van der Waals surface area contributed by atoms with Crippen molar-refractivity contribution in [3.8, 4) is 0 Å². The molecule has 2 heterocycles. The van der Waals surface area contributed by atoms with Crippen molar-refractivity contribution in [2.24, 2.45) is 11.7 Å². The van der Waals surface area contributed by atoms with Crippen molar-refractivity contribution in [3.05, 3.63) is 12.4 Å². The number of hydrogen-bond donors (Lipinski definition) is 1. The maximum Gasteiger partial charge on any atom is 0.205 e. The van der Waals surface area contributed by atoms with Gasteiger partial charge in [-0.15, -0.1) is 0 Å². The average Bonchev–Trinajstić information content (AvgIpc) is 3.02. The smallest absolute Gasteiger partial charge is 0.205 e. The number of nitrogens with two attached hydrogens (primary N) is 1. The molecule has 1 saturated heterocycles. The maximum atomic E-state index is 5.99. The molecular formula is C14H26N4O. The van der Waals surface area contributed by atoms with Crippen LogP contribution in [0.1, 0.15) is 26.7 Å². The van der Waals surface area contributed by atoms with Crippen molar-refractivity contribution in [1.29, 1.82) is 0 Å². The zero-order valence-corrected chi connectivity index (χ0v) is 12.1. The molecule has 1 aromatic rings. The van der Waals surface area contributed by atoms with E-state index in [9.17, 15) is 0 Å². The summed E-state index contributed by atoms with van der Waals surface area (Å²) in [6.45, 7) is 8.79. The van der Waals surface area contributed by atoms with E-state index in [0.29, 0.717) is 5.92 Å². The van der Waals surface area contributed by atoms with Crippen LogP contribution in [-0.2, 0) is 11.3 Å². The molecule has 2 atom stereocenters. The van der Waals surface area contributed by atoms with E-state index in [4.69, 9.17) is 10.5 Å². The fourth-order valence-electron chi connectivity index (χ4n) is 2.64. The molecule has 0 spiro atoms. The summed E-state index contributed by atoms with van der Waals surface area (Å²) < 4.78 is 7.61. The molecular weight excluding hydrogens is 240 g/mol. The van der Waals surface area contributed by atoms with Gasteiger partial charge in [-0.1, -0.05) is 0 Å². The summed E-state index contributed by atoms with van der Waals surface area (Å²) >= 11 is 0. The van der Waals surface area contributed by atoms with Gasteiger partial charge in [0.25, 0.3) is 0 Å². The van der Waals surface area contributed by atoms with Gasteiger partial charge in [0.1, 0.15) is 0 Å². The van der Waals surface area contributed by atoms with Crippen LogP contribution in [0, 0.1) is 5.92 Å². The Morgan fingerprint density at radius 1 is 1.58 bits per heavy atom. The zero-order valence-electron chi connectivity index (χ0n) is 12.1. The van der Waals surface area contributed by atoms with Gasteiger partial charge in [-0.3, -0.25) is 0 Å². The van der Waals surface area contributed by atoms with E-state index in [-0.39, 0.29) is 6.04 Å². The van der Waals surface area contributed by atoms with Crippen molar-refractivity contribution < 1.29 is 4.74 Å². The molecule has 0 radical (unpaired) electrons. The Morgan fingerprint density at radius 2 is 2.42 bits per heavy atom. The molecule has 2 rings (SSSR count). The first-order chi connectivity index (χ1) is 9.22. The van der Waals surface area contributed by atoms with Gasteiger partial charge in [-0.05, 0) is 32.6 Å². The van der Waals surface area contributed by atoms with E-state index in [1.54, 1.807) is 0 Å². The summed E-state index contributed by atoms with van der Waals surface area (Å²) in [4.78, 5) is 6.85. The summed E-state index contributed by atoms with van der Waals surface area (Å²) in [6, 6.07) is 0.270. The van der Waals surface area contributed by atoms with Crippen LogP contribution in [0.15, 0.2) is 12.4 Å². The number of rotatable bonds is 7. The van der Waals surface area contributed by atoms with Gasteiger partial charge < -0.3 is 19.9 Å². The summed E-state index contributed by atoms with van der Waals surface area (Å²) in [5, 5.41) is 0. The third kappa shape index (κ3) is 3.70. The second kappa shape index (κ2) is 6.91. The monoisotopic (exact) mass is 266 g/mol. The van der Waals surface area contributed by atoms with E-state index in [1.165, 1.54) is 6.42 Å². The lowest BCUT2D eigenvalue weighted by Crippen LogP contribution is -2.30. The summed E-state index contributed by atoms with van der Waals surface area (Å²) in [5.41, 5.74) is 5.99. The lowest BCUT2D eigenvalue weighted by atomic mass is 10.0. The lowest BCUT2D eigenvalue weighted by Gasteiger charge is -2.20. The Bertz CT molecular complexity index is 377. The van der Waals surface area contributed by atoms with Crippen LogP contribution in [0.5, 0.6) is 0 Å². The van der Waals surface area contributed by atoms with Crippen molar-refractivity contribution >= 4 is 5.95 Å². The largest absolute Gasteiger partial charge is 0.382 e. The van der Waals surface area contributed by atoms with E-state index >= 15 is 0 Å². The van der Waals surface area contributed by atoms with E-state index in [1.807, 2.05) is 13.1 Å². The molecule has 1 aliphatic rings. The van der Waals surface area contributed by atoms with Gasteiger partial charge >= 0.3 is 0 Å². The molecule has 1 fully saturated rings. The van der Waals surface area contributed by atoms with Crippen LogP contribution < -0.4 is 10.6 Å². The molecule has 0 bridgehead atoms. The Balaban J connectivity index is 1.89. The minimum absolute atomic E-state index is 0.270. The second-order valence-corrected chi connectivity index (χ2v) is 5.33. The van der Waals surface area contributed by atoms with E-state index in [2.05, 4.69) is 27.6 Å². The fourth-order valence-corrected chi connectivity index (χ4v) is 2.64. The summed E-state index contributed by atoms with van der Waals surface area (Å²) in [5.74, 6) is 1.67. The zero-order chi connectivity index (χ0) is 13.7. The van der Waals surface area contributed by atoms with Crippen LogP contribution in [0.25, 0.3) is 0 Å². The highest BCUT2D eigenvalue weighted by atomic mass is 16.5. The predicted molar refractivity (Wildman–Crippen MR) is 77.3 cm³/mol. The Morgan fingerprint density at radius 3 is 3.11 bits per heavy atom. The highest BCUT2D eigenvalue weighted by Gasteiger charge is 2.27. The highest BCUT2D eigenvalue weighted by molar-refractivity contribution is 5.33. The number of hydrogen-bond acceptors (Lipinski definition) is 4. The van der Waals surface area contributed by atoms with Gasteiger partial charge in [0.15, 0.2) is 0 Å². The predicted octanol–water partition coefficient (Wildman–Crippen LogP) is 1.48. The van der Waals surface area contributed by atoms with Crippen LogP contribution in [0.2, 0.25) is 0 Å². The van der Waals surface area contributed by atoms with E-state index < -0.39 is 0 Å². The molecule has 1 aromatic heterocycles. The van der Waals surface area contributed by atoms with Gasteiger partial charge in [0.05, 0.1) is 0 Å². The molecule has 5 nitrogen and oxygen atoms in total. The molecule has 0 aromatic carbocycles. The molecule has 1 aliphatic heterocycles. The molecule has 0 amide bonds. The van der Waals surface area contributed by atoms with Gasteiger partial charge in [-0.25, -0.2) is 4.98 Å². The first kappa shape index (κ1) is 14.3. The van der Waals surface area contributed by atoms with Crippen molar-refractivity contribution in [2.75, 3.05) is 31.2 Å². The van der Waals surface area contributed by atoms with Crippen molar-refractivity contribution in [3.63, 3.8) is 0 Å². The van der Waals surface area contributed by atoms with Gasteiger partial charge in [0, 0.05) is 51.3 Å². The third-order valence-corrected chi connectivity index (χ3v) is 3.84. The number of aryl methyl sites for hydroxylation is 1. The number of ether oxygens (including phenoxy) is 1. The van der Waals surface area contributed by atoms with E-state index in [0.717, 1.165) is 45.2 Å². The molecule has 2 N–H and O–H groups in total. The number of nitrogens with zero attached hydrogens (tertiary/aromatic N) is 3. The quantitative estimate of drug-likeness (QED) is 0.760. The number of imidazole rings is 1. The topological polar surface area (TPSA) is 56.3 Å². The summed E-state index contributed by atoms with van der Waals surface area (Å²) in [6.07, 6.45) is 6.14. The Hall–Kier alpha value is -1.07. The Labute approximate surface area is 115 Å². The van der Waals surface area contributed by atoms with Crippen LogP contribution in [0.3, 0.4) is 0 Å². The fraction of sp³-hybridized carbons (Fsp3) is 0.786. The normalized spacial score (nSPS) is 21.0. The lowest BCUT2D eigenvalue weighted by molar-refractivity contribution is 0.141. The van der Waals surface area contributed by atoms with Crippen LogP contribution in [-0.4, -0.2) is 41.9 Å². The summed E-state index contributed by atoms with van der Waals surface area (Å²) in [7, 11) is 0. The number of aromatic nitrogens is 2. The van der Waals surface area contributed by atoms with Crippen LogP contribution in [0.4, 0.5) is 5.95 Å². The first-order valence-corrected chi connectivity index (χ1v) is 7.31. The number of anilines is 1. The third-order valence-electron chi connectivity index (χ3n) is 3.84. The van der Waals surface area contributed by atoms with Gasteiger partial charge in [0.2, 0.25) is 5.95 Å². The highest BCUT2D eigenvalue weighted by Crippen LogP contribution is 2.24. The molecule has 0 saturated carbocycles. The minimum Gasteiger partial charge on any atom is -0.382 e. The second-order valence-electron chi connectivity index (χ2n) is 5.33. The average molecular weight is 266 g/mol. The molecule has 5 heteroatoms. The minimum atomic E-state index is 0.270. The Kier molecular flexibility index (Phi) is 5.22. The van der Waals surface area contributed by atoms with Crippen LogP contribution >= 0.6 is 0 Å². The maximum absolute atomic E-state index is 5.99. The molecule has 108 valence electrons. The molecule has 2 unspecified atom stereocenters. The molecule has 0 aliphatic carbocycles.